The summed E-state index contributed by atoms with van der Waals surface area (Å²) < 4.78 is 5.24. The topological polar surface area (TPSA) is 97.6 Å². The first-order chi connectivity index (χ1) is 15.4. The quantitative estimate of drug-likeness (QED) is 0.645. The normalized spacial score (nSPS) is 16.0. The van der Waals surface area contributed by atoms with E-state index in [9.17, 15) is 14.9 Å². The standard InChI is InChI=1S/C24H30N6O2/c1-16(2)10-13-30-24(32)28-12-11-18(8-9-22(28)27-30)26-23(31)15-29-17(3)20(14-25)19-6-4-5-7-21(19)29/h4-7,16,18H,8-13,15H2,1-3H3,(H,26,31). The van der Waals surface area contributed by atoms with Gasteiger partial charge in [-0.15, -0.1) is 0 Å². The second-order valence-corrected chi connectivity index (χ2v) is 9.02. The van der Waals surface area contributed by atoms with Gasteiger partial charge < -0.3 is 9.88 Å². The molecule has 0 radical (unpaired) electrons. The van der Waals surface area contributed by atoms with Gasteiger partial charge in [0.05, 0.1) is 11.1 Å². The smallest absolute Gasteiger partial charge is 0.345 e. The van der Waals surface area contributed by atoms with Gasteiger partial charge in [0.2, 0.25) is 5.91 Å². The Bertz CT molecular complexity index is 1240. The van der Waals surface area contributed by atoms with Gasteiger partial charge in [-0.05, 0) is 38.2 Å². The first kappa shape index (κ1) is 21.9. The molecule has 1 unspecified atom stereocenters. The van der Waals surface area contributed by atoms with E-state index in [-0.39, 0.29) is 24.2 Å². The lowest BCUT2D eigenvalue weighted by molar-refractivity contribution is -0.122. The number of aromatic nitrogens is 4. The van der Waals surface area contributed by atoms with E-state index in [1.807, 2.05) is 35.8 Å². The Morgan fingerprint density at radius 1 is 1.31 bits per heavy atom. The molecular weight excluding hydrogens is 404 g/mol. The number of carbonyl (C=O) groups excluding carboxylic acids is 1. The van der Waals surface area contributed by atoms with Crippen LogP contribution in [0.3, 0.4) is 0 Å². The molecule has 1 aromatic carbocycles. The third-order valence-corrected chi connectivity index (χ3v) is 6.34. The first-order valence-corrected chi connectivity index (χ1v) is 11.3. The molecule has 8 heteroatoms. The highest BCUT2D eigenvalue weighted by Crippen LogP contribution is 2.25. The number of benzene rings is 1. The lowest BCUT2D eigenvalue weighted by Crippen LogP contribution is -2.38. The maximum atomic E-state index is 12.9. The van der Waals surface area contributed by atoms with Crippen LogP contribution in [-0.2, 0) is 30.8 Å². The van der Waals surface area contributed by atoms with E-state index >= 15 is 0 Å². The van der Waals surface area contributed by atoms with E-state index in [4.69, 9.17) is 0 Å². The minimum atomic E-state index is -0.0859. The molecule has 0 bridgehead atoms. The van der Waals surface area contributed by atoms with Crippen molar-refractivity contribution in [3.8, 4) is 6.07 Å². The van der Waals surface area contributed by atoms with Gasteiger partial charge in [-0.25, -0.2) is 9.48 Å². The van der Waals surface area contributed by atoms with Crippen LogP contribution < -0.4 is 11.0 Å². The van der Waals surface area contributed by atoms with Gasteiger partial charge in [0.25, 0.3) is 0 Å². The van der Waals surface area contributed by atoms with Gasteiger partial charge >= 0.3 is 5.69 Å². The van der Waals surface area contributed by atoms with Gasteiger partial charge in [0.1, 0.15) is 18.4 Å². The Hall–Kier alpha value is -3.34. The van der Waals surface area contributed by atoms with Gasteiger partial charge in [0.15, 0.2) is 0 Å². The van der Waals surface area contributed by atoms with Crippen molar-refractivity contribution in [2.24, 2.45) is 5.92 Å². The summed E-state index contributed by atoms with van der Waals surface area (Å²) >= 11 is 0. The number of carbonyl (C=O) groups is 1. The highest BCUT2D eigenvalue weighted by Gasteiger charge is 2.23. The van der Waals surface area contributed by atoms with Crippen molar-refractivity contribution in [1.82, 2.24) is 24.2 Å². The minimum Gasteiger partial charge on any atom is -0.352 e. The van der Waals surface area contributed by atoms with E-state index in [1.165, 1.54) is 0 Å². The number of fused-ring (bicyclic) bond motifs is 2. The molecule has 0 saturated heterocycles. The molecule has 1 aliphatic heterocycles. The summed E-state index contributed by atoms with van der Waals surface area (Å²) in [5.74, 6) is 1.24. The molecule has 168 valence electrons. The van der Waals surface area contributed by atoms with Crippen LogP contribution in [-0.4, -0.2) is 30.9 Å². The average molecular weight is 435 g/mol. The third kappa shape index (κ3) is 4.20. The van der Waals surface area contributed by atoms with Crippen LogP contribution in [0, 0.1) is 24.2 Å². The highest BCUT2D eigenvalue weighted by atomic mass is 16.2. The van der Waals surface area contributed by atoms with Crippen LogP contribution >= 0.6 is 0 Å². The summed E-state index contributed by atoms with van der Waals surface area (Å²) in [4.78, 5) is 25.6. The molecule has 32 heavy (non-hydrogen) atoms. The summed E-state index contributed by atoms with van der Waals surface area (Å²) in [6.45, 7) is 7.52. The number of hydrogen-bond acceptors (Lipinski definition) is 4. The van der Waals surface area contributed by atoms with Crippen LogP contribution in [0.1, 0.15) is 50.2 Å². The molecule has 3 aromatic rings. The number of hydrogen-bond donors (Lipinski definition) is 1. The number of aryl methyl sites for hydroxylation is 2. The number of nitrogens with zero attached hydrogens (tertiary/aromatic N) is 5. The molecule has 8 nitrogen and oxygen atoms in total. The number of rotatable bonds is 6. The maximum Gasteiger partial charge on any atom is 0.345 e. The van der Waals surface area contributed by atoms with Crippen LogP contribution in [0.4, 0.5) is 0 Å². The predicted octanol–water partition coefficient (Wildman–Crippen LogP) is 2.75. The number of para-hydroxylation sites is 1. The Labute approximate surface area is 187 Å². The van der Waals surface area contributed by atoms with Gasteiger partial charge in [-0.3, -0.25) is 9.36 Å². The number of amides is 1. The lowest BCUT2D eigenvalue weighted by atomic mass is 10.1. The minimum absolute atomic E-state index is 0.00900. The van der Waals surface area contributed by atoms with Crippen LogP contribution in [0.15, 0.2) is 29.1 Å². The second-order valence-electron chi connectivity index (χ2n) is 9.02. The van der Waals surface area contributed by atoms with Crippen LogP contribution in [0.25, 0.3) is 10.9 Å². The number of nitrogens with one attached hydrogen (secondary N) is 1. The molecule has 2 aromatic heterocycles. The third-order valence-electron chi connectivity index (χ3n) is 6.34. The lowest BCUT2D eigenvalue weighted by Gasteiger charge is -2.17. The maximum absolute atomic E-state index is 12.9. The largest absolute Gasteiger partial charge is 0.352 e. The SMILES string of the molecule is Cc1c(C#N)c2ccccc2n1CC(=O)NC1CCc2nn(CCC(C)C)c(=O)n2CC1. The zero-order valence-electron chi connectivity index (χ0n) is 19.0. The van der Waals surface area contributed by atoms with Crippen molar-refractivity contribution in [2.45, 2.75) is 72.1 Å². The fourth-order valence-electron chi connectivity index (χ4n) is 4.49. The summed E-state index contributed by atoms with van der Waals surface area (Å²) in [5.41, 5.74) is 2.25. The fourth-order valence-corrected chi connectivity index (χ4v) is 4.49. The Morgan fingerprint density at radius 2 is 2.09 bits per heavy atom. The van der Waals surface area contributed by atoms with E-state index in [0.717, 1.165) is 35.3 Å². The highest BCUT2D eigenvalue weighted by molar-refractivity contribution is 5.89. The van der Waals surface area contributed by atoms with Crippen molar-refractivity contribution in [3.05, 3.63) is 51.8 Å². The molecule has 1 amide bonds. The van der Waals surface area contributed by atoms with E-state index in [2.05, 4.69) is 30.3 Å². The molecule has 1 N–H and O–H groups in total. The summed E-state index contributed by atoms with van der Waals surface area (Å²) in [5, 5.41) is 18.1. The Kier molecular flexibility index (Phi) is 6.17. The Morgan fingerprint density at radius 3 is 2.84 bits per heavy atom. The molecule has 1 aliphatic rings. The zero-order chi connectivity index (χ0) is 22.8. The van der Waals surface area contributed by atoms with Crippen LogP contribution in [0.2, 0.25) is 0 Å². The summed E-state index contributed by atoms with van der Waals surface area (Å²) in [7, 11) is 0. The van der Waals surface area contributed by atoms with E-state index < -0.39 is 0 Å². The van der Waals surface area contributed by atoms with Crippen LogP contribution in [0.5, 0.6) is 0 Å². The molecule has 0 spiro atoms. The Balaban J connectivity index is 1.42. The molecule has 0 aliphatic carbocycles. The summed E-state index contributed by atoms with van der Waals surface area (Å²) in [6.07, 6.45) is 3.04. The van der Waals surface area contributed by atoms with Crippen molar-refractivity contribution in [3.63, 3.8) is 0 Å². The van der Waals surface area contributed by atoms with Crippen molar-refractivity contribution in [1.29, 1.82) is 5.26 Å². The fraction of sp³-hybridized carbons (Fsp3) is 0.500. The van der Waals surface area contributed by atoms with Gasteiger partial charge in [-0.2, -0.15) is 10.4 Å². The van der Waals surface area contributed by atoms with E-state index in [1.54, 1.807) is 9.25 Å². The monoisotopic (exact) mass is 434 g/mol. The van der Waals surface area contributed by atoms with E-state index in [0.29, 0.717) is 37.4 Å². The summed E-state index contributed by atoms with van der Waals surface area (Å²) in [6, 6.07) is 9.92. The van der Waals surface area contributed by atoms with Gasteiger partial charge in [0, 0.05) is 36.6 Å². The molecule has 0 saturated carbocycles. The van der Waals surface area contributed by atoms with Gasteiger partial charge in [-0.1, -0.05) is 32.0 Å². The molecule has 4 rings (SSSR count). The van der Waals surface area contributed by atoms with Crippen molar-refractivity contribution in [2.75, 3.05) is 0 Å². The second kappa shape index (κ2) is 9.03. The molecule has 0 fully saturated rings. The van der Waals surface area contributed by atoms with Crippen molar-refractivity contribution < 1.29 is 4.79 Å². The molecule has 3 heterocycles. The zero-order valence-corrected chi connectivity index (χ0v) is 19.0. The first-order valence-electron chi connectivity index (χ1n) is 11.3. The van der Waals surface area contributed by atoms with Crippen molar-refractivity contribution >= 4 is 16.8 Å². The number of nitriles is 1. The molecule has 1 atom stereocenters. The average Bonchev–Trinajstić information content (AvgIpc) is 3.11. The molecular formula is C24H30N6O2. The predicted molar refractivity (Wildman–Crippen MR) is 122 cm³/mol.